The Morgan fingerprint density at radius 3 is 2.20 bits per heavy atom. The van der Waals surface area contributed by atoms with Crippen LogP contribution < -0.4 is 56.5 Å². The third-order valence-corrected chi connectivity index (χ3v) is 0.916. The molecular weight excluding hydrogens is 165 g/mol. The third kappa shape index (κ3) is 2.28. The molecule has 0 N–H and O–H groups in total. The molecule has 1 rings (SSSR count). The van der Waals surface area contributed by atoms with Crippen molar-refractivity contribution >= 4 is 0 Å². The molecule has 0 spiro atoms. The fourth-order valence-electron chi connectivity index (χ4n) is 0.484. The molecule has 0 unspecified atom stereocenters. The predicted octanol–water partition coefficient (Wildman–Crippen LogP) is -1.96. The minimum atomic E-state index is -1.31. The molecule has 0 amide bonds. The van der Waals surface area contributed by atoms with Crippen molar-refractivity contribution in [2.45, 2.75) is 0 Å². The normalized spacial score (nSPS) is 8.60. The summed E-state index contributed by atoms with van der Waals surface area (Å²) in [5.41, 5.74) is 0. The molecule has 48 valence electrons. The molecule has 10 heavy (non-hydrogen) atoms. The number of hydrogen-bond acceptors (Lipinski definition) is 1. The zero-order valence-electron chi connectivity index (χ0n) is 5.40. The van der Waals surface area contributed by atoms with E-state index < -0.39 is 17.4 Å². The minimum absolute atomic E-state index is 0. The summed E-state index contributed by atoms with van der Waals surface area (Å²) < 4.78 is 24.0. The standard InChI is InChI=1S/C6H4F2O.K/c7-4-2-1-3-5(9)6(4)8;/h1-3,9H;/q;+1/p-1. The van der Waals surface area contributed by atoms with Crippen LogP contribution in [0.5, 0.6) is 5.75 Å². The second-order valence-corrected chi connectivity index (χ2v) is 1.55. The average molecular weight is 168 g/mol. The number of rotatable bonds is 0. The topological polar surface area (TPSA) is 23.1 Å². The van der Waals surface area contributed by atoms with Crippen molar-refractivity contribution in [3.8, 4) is 5.75 Å². The molecule has 0 aliphatic rings. The summed E-state index contributed by atoms with van der Waals surface area (Å²) in [5.74, 6) is -3.31. The predicted molar refractivity (Wildman–Crippen MR) is 25.8 cm³/mol. The van der Waals surface area contributed by atoms with E-state index in [0.717, 1.165) is 12.1 Å². The molecule has 0 radical (unpaired) electrons. The quantitative estimate of drug-likeness (QED) is 0.413. The van der Waals surface area contributed by atoms with Crippen molar-refractivity contribution in [2.24, 2.45) is 0 Å². The third-order valence-electron chi connectivity index (χ3n) is 0.916. The van der Waals surface area contributed by atoms with Gasteiger partial charge in [0.15, 0.2) is 11.6 Å². The summed E-state index contributed by atoms with van der Waals surface area (Å²) in [6.07, 6.45) is 0. The van der Waals surface area contributed by atoms with Crippen LogP contribution in [0.2, 0.25) is 0 Å². The smallest absolute Gasteiger partial charge is 0.870 e. The van der Waals surface area contributed by atoms with E-state index >= 15 is 0 Å². The number of halogens is 2. The first-order valence-corrected chi connectivity index (χ1v) is 2.33. The van der Waals surface area contributed by atoms with E-state index in [1.165, 1.54) is 6.07 Å². The van der Waals surface area contributed by atoms with Crippen LogP contribution in [-0.4, -0.2) is 0 Å². The van der Waals surface area contributed by atoms with Crippen LogP contribution in [0.4, 0.5) is 8.78 Å². The fraction of sp³-hybridized carbons (Fsp3) is 0. The van der Waals surface area contributed by atoms with Crippen molar-refractivity contribution in [1.82, 2.24) is 0 Å². The molecular formula is C6H3F2KO. The molecule has 0 saturated heterocycles. The van der Waals surface area contributed by atoms with E-state index in [2.05, 4.69) is 0 Å². The van der Waals surface area contributed by atoms with Gasteiger partial charge < -0.3 is 5.11 Å². The Morgan fingerprint density at radius 2 is 1.80 bits per heavy atom. The fourth-order valence-corrected chi connectivity index (χ4v) is 0.484. The molecule has 0 aliphatic carbocycles. The number of benzene rings is 1. The van der Waals surface area contributed by atoms with E-state index in [9.17, 15) is 13.9 Å². The first kappa shape index (κ1) is 10.5. The molecule has 0 fully saturated rings. The molecule has 1 aromatic carbocycles. The summed E-state index contributed by atoms with van der Waals surface area (Å²) in [6, 6.07) is 3.04. The van der Waals surface area contributed by atoms with Crippen molar-refractivity contribution in [1.29, 1.82) is 0 Å². The summed E-state index contributed by atoms with van der Waals surface area (Å²) in [6.45, 7) is 0. The van der Waals surface area contributed by atoms with E-state index in [0.29, 0.717) is 0 Å². The minimum Gasteiger partial charge on any atom is -0.870 e. The largest absolute Gasteiger partial charge is 1.00 e. The number of hydrogen-bond donors (Lipinski definition) is 0. The summed E-state index contributed by atoms with van der Waals surface area (Å²) in [5, 5.41) is 10.2. The van der Waals surface area contributed by atoms with Gasteiger partial charge >= 0.3 is 51.4 Å². The first-order valence-electron chi connectivity index (χ1n) is 2.33. The van der Waals surface area contributed by atoms with E-state index in [4.69, 9.17) is 0 Å². The van der Waals surface area contributed by atoms with Crippen LogP contribution in [0.15, 0.2) is 18.2 Å². The van der Waals surface area contributed by atoms with Gasteiger partial charge in [0.05, 0.1) is 0 Å². The molecule has 0 atom stereocenters. The van der Waals surface area contributed by atoms with E-state index in [-0.39, 0.29) is 51.4 Å². The Balaban J connectivity index is 0.000000810. The zero-order chi connectivity index (χ0) is 6.85. The molecule has 0 aliphatic heterocycles. The average Bonchev–Trinajstić information content (AvgIpc) is 1.83. The molecule has 4 heteroatoms. The van der Waals surface area contributed by atoms with Crippen LogP contribution >= 0.6 is 0 Å². The van der Waals surface area contributed by atoms with E-state index in [1.807, 2.05) is 0 Å². The van der Waals surface area contributed by atoms with Gasteiger partial charge in [-0.1, -0.05) is 17.9 Å². The molecule has 0 aromatic heterocycles. The van der Waals surface area contributed by atoms with Crippen LogP contribution in [0.1, 0.15) is 0 Å². The van der Waals surface area contributed by atoms with Crippen molar-refractivity contribution < 1.29 is 65.3 Å². The Morgan fingerprint density at radius 1 is 1.20 bits per heavy atom. The Bertz CT molecular complexity index is 207. The van der Waals surface area contributed by atoms with Gasteiger partial charge in [-0.25, -0.2) is 8.78 Å². The molecule has 0 heterocycles. The maximum Gasteiger partial charge on any atom is 1.00 e. The van der Waals surface area contributed by atoms with E-state index in [1.54, 1.807) is 0 Å². The van der Waals surface area contributed by atoms with Gasteiger partial charge in [0.25, 0.3) is 0 Å². The molecule has 1 aromatic rings. The SMILES string of the molecule is [K+].[O-]c1cccc(F)c1F. The maximum atomic E-state index is 12.0. The zero-order valence-corrected chi connectivity index (χ0v) is 8.52. The summed E-state index contributed by atoms with van der Waals surface area (Å²) in [7, 11) is 0. The summed E-state index contributed by atoms with van der Waals surface area (Å²) >= 11 is 0. The second kappa shape index (κ2) is 4.41. The van der Waals surface area contributed by atoms with Crippen molar-refractivity contribution in [3.05, 3.63) is 29.8 Å². The Hall–Kier alpha value is 0.516. The van der Waals surface area contributed by atoms with Crippen LogP contribution in [0.25, 0.3) is 0 Å². The van der Waals surface area contributed by atoms with Crippen LogP contribution in [0.3, 0.4) is 0 Å². The Labute approximate surface area is 99.5 Å². The maximum absolute atomic E-state index is 12.0. The second-order valence-electron chi connectivity index (χ2n) is 1.55. The Kier molecular flexibility index (Phi) is 4.63. The monoisotopic (exact) mass is 168 g/mol. The van der Waals surface area contributed by atoms with Crippen molar-refractivity contribution in [2.75, 3.05) is 0 Å². The molecule has 0 saturated carbocycles. The van der Waals surface area contributed by atoms with Gasteiger partial charge in [0, 0.05) is 0 Å². The summed E-state index contributed by atoms with van der Waals surface area (Å²) in [4.78, 5) is 0. The van der Waals surface area contributed by atoms with Gasteiger partial charge in [0.2, 0.25) is 0 Å². The molecule has 0 bridgehead atoms. The van der Waals surface area contributed by atoms with Gasteiger partial charge in [-0.2, -0.15) is 0 Å². The first-order chi connectivity index (χ1) is 4.22. The van der Waals surface area contributed by atoms with Gasteiger partial charge in [0.1, 0.15) is 0 Å². The van der Waals surface area contributed by atoms with Gasteiger partial charge in [-0.15, -0.1) is 0 Å². The van der Waals surface area contributed by atoms with Gasteiger partial charge in [-0.3, -0.25) is 0 Å². The molecule has 1 nitrogen and oxygen atoms in total. The van der Waals surface area contributed by atoms with Gasteiger partial charge in [-0.05, 0) is 6.07 Å². The van der Waals surface area contributed by atoms with Crippen LogP contribution in [-0.2, 0) is 0 Å². The van der Waals surface area contributed by atoms with Crippen LogP contribution in [0, 0.1) is 11.6 Å². The van der Waals surface area contributed by atoms with Crippen molar-refractivity contribution in [3.63, 3.8) is 0 Å².